The summed E-state index contributed by atoms with van der Waals surface area (Å²) in [6, 6.07) is 6.15. The molecule has 19 heavy (non-hydrogen) atoms. The molecule has 1 aliphatic heterocycles. The zero-order valence-electron chi connectivity index (χ0n) is 11.7. The molecule has 1 aromatic carbocycles. The highest BCUT2D eigenvalue weighted by molar-refractivity contribution is 5.53. The fraction of sp³-hybridized carbons (Fsp3) is 0.571. The van der Waals surface area contributed by atoms with Gasteiger partial charge in [-0.15, -0.1) is 0 Å². The Morgan fingerprint density at radius 3 is 2.47 bits per heavy atom. The van der Waals surface area contributed by atoms with Crippen LogP contribution < -0.4 is 5.43 Å². The van der Waals surface area contributed by atoms with Crippen molar-refractivity contribution >= 4 is 11.4 Å². The van der Waals surface area contributed by atoms with Crippen LogP contribution in [0.15, 0.2) is 18.2 Å². The van der Waals surface area contributed by atoms with Gasteiger partial charge in [0.25, 0.3) is 5.69 Å². The molecule has 1 aliphatic rings. The fourth-order valence-electron chi connectivity index (χ4n) is 2.72. The maximum Gasteiger partial charge on any atom is 0.272 e. The topological polar surface area (TPSA) is 58.4 Å². The van der Waals surface area contributed by atoms with Gasteiger partial charge < -0.3 is 5.43 Å². The highest BCUT2D eigenvalue weighted by Crippen LogP contribution is 2.26. The third kappa shape index (κ3) is 3.04. The Bertz CT molecular complexity index is 466. The number of anilines is 1. The number of nitro benzene ring substituents is 1. The van der Waals surface area contributed by atoms with E-state index in [0.29, 0.717) is 17.6 Å². The van der Waals surface area contributed by atoms with Crippen molar-refractivity contribution in [2.45, 2.75) is 52.1 Å². The van der Waals surface area contributed by atoms with Gasteiger partial charge in [-0.2, -0.15) is 0 Å². The second-order valence-corrected chi connectivity index (χ2v) is 5.41. The zero-order chi connectivity index (χ0) is 14.0. The Morgan fingerprint density at radius 1 is 1.32 bits per heavy atom. The number of hydrogen-bond donors (Lipinski definition) is 1. The first-order valence-corrected chi connectivity index (χ1v) is 6.79. The van der Waals surface area contributed by atoms with E-state index in [0.717, 1.165) is 5.69 Å². The molecular formula is C14H21N3O2. The summed E-state index contributed by atoms with van der Waals surface area (Å²) in [5, 5.41) is 13.1. The van der Waals surface area contributed by atoms with Crippen molar-refractivity contribution in [3.8, 4) is 0 Å². The number of rotatable bonds is 3. The average molecular weight is 263 g/mol. The maximum atomic E-state index is 10.8. The second-order valence-electron chi connectivity index (χ2n) is 5.41. The summed E-state index contributed by atoms with van der Waals surface area (Å²) in [5.41, 5.74) is 5.18. The standard InChI is InChI=1S/C14H21N3O2/c1-10-9-13(7-8-14(10)17(18)19)15-16-11(2)5-4-6-12(16)3/h7-9,11-12,15H,4-6H2,1-3H3. The van der Waals surface area contributed by atoms with Crippen molar-refractivity contribution in [3.63, 3.8) is 0 Å². The highest BCUT2D eigenvalue weighted by Gasteiger charge is 2.24. The Hall–Kier alpha value is -1.62. The highest BCUT2D eigenvalue weighted by atomic mass is 16.6. The maximum absolute atomic E-state index is 10.8. The number of nitrogens with one attached hydrogen (secondary N) is 1. The number of hydrazine groups is 1. The second kappa shape index (κ2) is 5.57. The predicted molar refractivity (Wildman–Crippen MR) is 76.1 cm³/mol. The SMILES string of the molecule is Cc1cc(NN2C(C)CCCC2C)ccc1[N+](=O)[O-]. The predicted octanol–water partition coefficient (Wildman–Crippen LogP) is 3.49. The number of benzene rings is 1. The number of aryl methyl sites for hydroxylation is 1. The number of hydrogen-bond acceptors (Lipinski definition) is 4. The van der Waals surface area contributed by atoms with Crippen molar-refractivity contribution in [3.05, 3.63) is 33.9 Å². The van der Waals surface area contributed by atoms with E-state index in [4.69, 9.17) is 0 Å². The van der Waals surface area contributed by atoms with Crippen LogP contribution in [0.25, 0.3) is 0 Å². The number of nitrogens with zero attached hydrogens (tertiary/aromatic N) is 2. The minimum Gasteiger partial charge on any atom is -0.318 e. The van der Waals surface area contributed by atoms with E-state index in [9.17, 15) is 10.1 Å². The Labute approximate surface area is 113 Å². The van der Waals surface area contributed by atoms with Crippen molar-refractivity contribution in [2.75, 3.05) is 5.43 Å². The van der Waals surface area contributed by atoms with E-state index in [2.05, 4.69) is 24.3 Å². The summed E-state index contributed by atoms with van der Waals surface area (Å²) in [5.74, 6) is 0. The van der Waals surface area contributed by atoms with Crippen LogP contribution >= 0.6 is 0 Å². The van der Waals surface area contributed by atoms with Gasteiger partial charge in [0.1, 0.15) is 0 Å². The number of piperidine rings is 1. The van der Waals surface area contributed by atoms with Crippen LogP contribution in [0.4, 0.5) is 11.4 Å². The van der Waals surface area contributed by atoms with E-state index in [-0.39, 0.29) is 10.6 Å². The smallest absolute Gasteiger partial charge is 0.272 e. The van der Waals surface area contributed by atoms with E-state index >= 15 is 0 Å². The van der Waals surface area contributed by atoms with Gasteiger partial charge in [0.2, 0.25) is 0 Å². The molecule has 0 saturated carbocycles. The first-order valence-electron chi connectivity index (χ1n) is 6.79. The molecule has 0 amide bonds. The van der Waals surface area contributed by atoms with Crippen molar-refractivity contribution < 1.29 is 4.92 Å². The molecule has 1 saturated heterocycles. The minimum atomic E-state index is -0.342. The summed E-state index contributed by atoms with van der Waals surface area (Å²) in [6.45, 7) is 6.19. The molecule has 0 radical (unpaired) electrons. The molecule has 1 N–H and O–H groups in total. The summed E-state index contributed by atoms with van der Waals surface area (Å²) >= 11 is 0. The lowest BCUT2D eigenvalue weighted by Gasteiger charge is -2.39. The molecule has 5 heteroatoms. The lowest BCUT2D eigenvalue weighted by molar-refractivity contribution is -0.385. The molecular weight excluding hydrogens is 242 g/mol. The van der Waals surface area contributed by atoms with Crippen LogP contribution in [-0.4, -0.2) is 22.0 Å². The molecule has 2 rings (SSSR count). The Balaban J connectivity index is 2.14. The van der Waals surface area contributed by atoms with Gasteiger partial charge in [0, 0.05) is 29.4 Å². The molecule has 5 nitrogen and oxygen atoms in total. The third-order valence-electron chi connectivity index (χ3n) is 3.85. The average Bonchev–Trinajstić information content (AvgIpc) is 2.33. The monoisotopic (exact) mass is 263 g/mol. The zero-order valence-corrected chi connectivity index (χ0v) is 11.7. The van der Waals surface area contributed by atoms with E-state index < -0.39 is 0 Å². The molecule has 2 atom stereocenters. The van der Waals surface area contributed by atoms with Crippen LogP contribution in [-0.2, 0) is 0 Å². The van der Waals surface area contributed by atoms with Gasteiger partial charge in [-0.1, -0.05) is 6.42 Å². The summed E-state index contributed by atoms with van der Waals surface area (Å²) in [7, 11) is 0. The van der Waals surface area contributed by atoms with Gasteiger partial charge in [0.05, 0.1) is 4.92 Å². The van der Waals surface area contributed by atoms with E-state index in [1.807, 2.05) is 6.07 Å². The van der Waals surface area contributed by atoms with E-state index in [1.165, 1.54) is 19.3 Å². The fourth-order valence-corrected chi connectivity index (χ4v) is 2.72. The van der Waals surface area contributed by atoms with Crippen LogP contribution in [0.2, 0.25) is 0 Å². The molecule has 0 spiro atoms. The molecule has 0 aliphatic carbocycles. The molecule has 1 aromatic rings. The normalized spacial score (nSPS) is 24.2. The van der Waals surface area contributed by atoms with Gasteiger partial charge in [-0.3, -0.25) is 10.1 Å². The van der Waals surface area contributed by atoms with Gasteiger partial charge >= 0.3 is 0 Å². The Kier molecular flexibility index (Phi) is 4.04. The summed E-state index contributed by atoms with van der Waals surface area (Å²) in [4.78, 5) is 10.5. The first-order chi connectivity index (χ1) is 8.99. The van der Waals surface area contributed by atoms with Crippen molar-refractivity contribution in [2.24, 2.45) is 0 Å². The molecule has 104 valence electrons. The van der Waals surface area contributed by atoms with Crippen molar-refractivity contribution in [1.29, 1.82) is 0 Å². The largest absolute Gasteiger partial charge is 0.318 e. The van der Waals surface area contributed by atoms with E-state index in [1.54, 1.807) is 19.1 Å². The van der Waals surface area contributed by atoms with Crippen LogP contribution in [0, 0.1) is 17.0 Å². The van der Waals surface area contributed by atoms with Gasteiger partial charge in [0.15, 0.2) is 0 Å². The van der Waals surface area contributed by atoms with Crippen molar-refractivity contribution in [1.82, 2.24) is 5.01 Å². The van der Waals surface area contributed by atoms with Crippen LogP contribution in [0.1, 0.15) is 38.7 Å². The summed E-state index contributed by atoms with van der Waals surface area (Å²) < 4.78 is 0. The third-order valence-corrected chi connectivity index (χ3v) is 3.85. The first kappa shape index (κ1) is 13.8. The van der Waals surface area contributed by atoms with Crippen LogP contribution in [0.3, 0.4) is 0 Å². The molecule has 2 unspecified atom stereocenters. The molecule has 1 heterocycles. The molecule has 0 bridgehead atoms. The van der Waals surface area contributed by atoms with Gasteiger partial charge in [-0.25, -0.2) is 5.01 Å². The molecule has 0 aromatic heterocycles. The lowest BCUT2D eigenvalue weighted by atomic mass is 10.00. The quantitative estimate of drug-likeness (QED) is 0.670. The Morgan fingerprint density at radius 2 is 1.95 bits per heavy atom. The lowest BCUT2D eigenvalue weighted by Crippen LogP contribution is -2.47. The molecule has 1 fully saturated rings. The summed E-state index contributed by atoms with van der Waals surface area (Å²) in [6.07, 6.45) is 3.63. The number of nitro groups is 1. The minimum absolute atomic E-state index is 0.172. The van der Waals surface area contributed by atoms with Gasteiger partial charge in [-0.05, 0) is 45.7 Å². The van der Waals surface area contributed by atoms with Crippen LogP contribution in [0.5, 0.6) is 0 Å².